The van der Waals surface area contributed by atoms with E-state index in [4.69, 9.17) is 0 Å². The van der Waals surface area contributed by atoms with Gasteiger partial charge in [-0.1, -0.05) is 6.92 Å². The molecule has 0 aliphatic heterocycles. The van der Waals surface area contributed by atoms with Crippen LogP contribution in [0.5, 0.6) is 0 Å². The molecule has 0 saturated heterocycles. The second-order valence-electron chi connectivity index (χ2n) is 4.09. The summed E-state index contributed by atoms with van der Waals surface area (Å²) in [7, 11) is 0. The normalized spacial score (nSPS) is 13.9. The van der Waals surface area contributed by atoms with Gasteiger partial charge in [-0.3, -0.25) is 0 Å². The maximum atomic E-state index is 13.5. The van der Waals surface area contributed by atoms with Crippen LogP contribution in [0, 0.1) is 18.6 Å². The van der Waals surface area contributed by atoms with E-state index in [1.165, 1.54) is 13.8 Å². The second-order valence-corrected chi connectivity index (χ2v) is 4.09. The van der Waals surface area contributed by atoms with Crippen molar-refractivity contribution < 1.29 is 26.3 Å². The molecule has 1 aromatic carbocycles. The lowest BCUT2D eigenvalue weighted by molar-refractivity contribution is -0.151. The Labute approximate surface area is 106 Å². The molecule has 0 radical (unpaired) electrons. The van der Waals surface area contributed by atoms with Gasteiger partial charge in [0.2, 0.25) is 0 Å². The lowest BCUT2D eigenvalue weighted by Crippen LogP contribution is -2.43. The summed E-state index contributed by atoms with van der Waals surface area (Å²) in [6, 6.07) is -0.984. The Hall–Kier alpha value is -1.24. The summed E-state index contributed by atoms with van der Waals surface area (Å²) in [6.45, 7) is 2.59. The maximum Gasteiger partial charge on any atom is 0.326 e. The minimum Gasteiger partial charge on any atom is -0.305 e. The van der Waals surface area contributed by atoms with Gasteiger partial charge in [0.1, 0.15) is 17.7 Å². The molecule has 0 bridgehead atoms. The predicted molar refractivity (Wildman–Crippen MR) is 58.5 cm³/mol. The third kappa shape index (κ3) is 3.20. The van der Waals surface area contributed by atoms with Gasteiger partial charge in [-0.05, 0) is 25.1 Å². The highest BCUT2D eigenvalue weighted by molar-refractivity contribution is 5.30. The number of aryl methyl sites for hydroxylation is 1. The molecular formula is C12H13F6N. The van der Waals surface area contributed by atoms with Gasteiger partial charge in [0, 0.05) is 11.6 Å². The Balaban J connectivity index is 3.31. The van der Waals surface area contributed by atoms with Crippen molar-refractivity contribution in [1.29, 1.82) is 0 Å². The summed E-state index contributed by atoms with van der Waals surface area (Å²) >= 11 is 0. The first-order chi connectivity index (χ1) is 8.71. The van der Waals surface area contributed by atoms with Crippen molar-refractivity contribution >= 4 is 0 Å². The van der Waals surface area contributed by atoms with Gasteiger partial charge >= 0.3 is 12.3 Å². The first-order valence-corrected chi connectivity index (χ1v) is 5.56. The van der Waals surface area contributed by atoms with Crippen LogP contribution in [-0.4, -0.2) is 18.9 Å². The van der Waals surface area contributed by atoms with Gasteiger partial charge in [-0.15, -0.1) is 0 Å². The fourth-order valence-electron chi connectivity index (χ4n) is 1.68. The molecule has 1 atom stereocenters. The number of halogens is 6. The van der Waals surface area contributed by atoms with Crippen molar-refractivity contribution in [1.82, 2.24) is 5.32 Å². The van der Waals surface area contributed by atoms with E-state index in [9.17, 15) is 26.3 Å². The zero-order chi connectivity index (χ0) is 14.8. The van der Waals surface area contributed by atoms with E-state index in [1.54, 1.807) is 0 Å². The van der Waals surface area contributed by atoms with Crippen molar-refractivity contribution in [3.05, 3.63) is 34.9 Å². The van der Waals surface area contributed by atoms with E-state index >= 15 is 0 Å². The van der Waals surface area contributed by atoms with Crippen molar-refractivity contribution in [2.45, 2.75) is 32.2 Å². The van der Waals surface area contributed by atoms with Gasteiger partial charge in [0.05, 0.1) is 0 Å². The number of hydrogen-bond acceptors (Lipinski definition) is 1. The molecule has 0 heterocycles. The second kappa shape index (κ2) is 5.81. The molecule has 1 nitrogen and oxygen atoms in total. The van der Waals surface area contributed by atoms with E-state index < -0.39 is 35.6 Å². The quantitative estimate of drug-likeness (QED) is 0.811. The standard InChI is InChI=1S/C12H13F6N/c1-3-19-10(12(17,18)11(15)16)7-4-6(2)8(13)5-9(7)14/h4-5,10-11,19H,3H2,1-2H3. The molecule has 0 amide bonds. The first-order valence-electron chi connectivity index (χ1n) is 5.56. The summed E-state index contributed by atoms with van der Waals surface area (Å²) in [5.74, 6) is -6.66. The third-order valence-electron chi connectivity index (χ3n) is 2.67. The van der Waals surface area contributed by atoms with E-state index in [2.05, 4.69) is 5.32 Å². The Kier molecular flexibility index (Phi) is 4.84. The summed E-state index contributed by atoms with van der Waals surface area (Å²) in [5.41, 5.74) is -0.768. The maximum absolute atomic E-state index is 13.5. The van der Waals surface area contributed by atoms with Gasteiger partial charge in [0.25, 0.3) is 0 Å². The van der Waals surface area contributed by atoms with Crippen LogP contribution >= 0.6 is 0 Å². The molecule has 1 N–H and O–H groups in total. The monoisotopic (exact) mass is 285 g/mol. The average molecular weight is 285 g/mol. The van der Waals surface area contributed by atoms with Crippen molar-refractivity contribution in [3.63, 3.8) is 0 Å². The molecule has 1 aromatic rings. The van der Waals surface area contributed by atoms with Crippen molar-refractivity contribution in [3.8, 4) is 0 Å². The molecule has 0 aliphatic carbocycles. The highest BCUT2D eigenvalue weighted by Gasteiger charge is 2.50. The van der Waals surface area contributed by atoms with Gasteiger partial charge in [-0.2, -0.15) is 8.78 Å². The lowest BCUT2D eigenvalue weighted by atomic mass is 9.98. The number of hydrogen-bond donors (Lipinski definition) is 1. The van der Waals surface area contributed by atoms with Crippen molar-refractivity contribution in [2.75, 3.05) is 6.54 Å². The Morgan fingerprint density at radius 2 is 1.74 bits per heavy atom. The minimum absolute atomic E-state index is 0.0666. The van der Waals surface area contributed by atoms with Gasteiger partial charge in [0.15, 0.2) is 0 Å². The average Bonchev–Trinajstić information content (AvgIpc) is 2.31. The summed E-state index contributed by atoms with van der Waals surface area (Å²) in [4.78, 5) is 0. The molecule has 0 saturated carbocycles. The summed E-state index contributed by atoms with van der Waals surface area (Å²) in [5, 5.41) is 2.12. The number of benzene rings is 1. The molecule has 1 rings (SSSR count). The Bertz CT molecular complexity index is 446. The van der Waals surface area contributed by atoms with Gasteiger partial charge in [-0.25, -0.2) is 17.6 Å². The number of alkyl halides is 4. The molecular weight excluding hydrogens is 272 g/mol. The molecule has 19 heavy (non-hydrogen) atoms. The number of rotatable bonds is 5. The smallest absolute Gasteiger partial charge is 0.305 e. The molecule has 0 spiro atoms. The van der Waals surface area contributed by atoms with Crippen LogP contribution in [0.4, 0.5) is 26.3 Å². The molecule has 7 heteroatoms. The highest BCUT2D eigenvalue weighted by atomic mass is 19.3. The fourth-order valence-corrected chi connectivity index (χ4v) is 1.68. The predicted octanol–water partition coefficient (Wildman–Crippen LogP) is 3.82. The molecule has 1 unspecified atom stereocenters. The zero-order valence-corrected chi connectivity index (χ0v) is 10.3. The Morgan fingerprint density at radius 3 is 2.21 bits per heavy atom. The van der Waals surface area contributed by atoms with Crippen LogP contribution in [-0.2, 0) is 0 Å². The van der Waals surface area contributed by atoms with E-state index in [0.29, 0.717) is 6.07 Å². The largest absolute Gasteiger partial charge is 0.326 e. The van der Waals surface area contributed by atoms with Crippen molar-refractivity contribution in [2.24, 2.45) is 0 Å². The minimum atomic E-state index is -4.46. The van der Waals surface area contributed by atoms with Gasteiger partial charge < -0.3 is 5.32 Å². The summed E-state index contributed by atoms with van der Waals surface area (Å²) < 4.78 is 78.2. The Morgan fingerprint density at radius 1 is 1.16 bits per heavy atom. The topological polar surface area (TPSA) is 12.0 Å². The third-order valence-corrected chi connectivity index (χ3v) is 2.67. The van der Waals surface area contributed by atoms with Crippen LogP contribution in [0.15, 0.2) is 12.1 Å². The van der Waals surface area contributed by atoms with Crippen LogP contribution in [0.25, 0.3) is 0 Å². The SMILES string of the molecule is CCNC(c1cc(C)c(F)cc1F)C(F)(F)C(F)F. The molecule has 0 aliphatic rings. The first kappa shape index (κ1) is 15.8. The van der Waals surface area contributed by atoms with E-state index in [-0.39, 0.29) is 12.1 Å². The van der Waals surface area contributed by atoms with Crippen LogP contribution in [0.1, 0.15) is 24.1 Å². The van der Waals surface area contributed by atoms with Crippen LogP contribution in [0.3, 0.4) is 0 Å². The molecule has 108 valence electrons. The highest BCUT2D eigenvalue weighted by Crippen LogP contribution is 2.38. The van der Waals surface area contributed by atoms with E-state index in [0.717, 1.165) is 6.07 Å². The number of nitrogens with one attached hydrogen (secondary N) is 1. The fraction of sp³-hybridized carbons (Fsp3) is 0.500. The molecule has 0 aromatic heterocycles. The molecule has 0 fully saturated rings. The van der Waals surface area contributed by atoms with Crippen LogP contribution in [0.2, 0.25) is 0 Å². The van der Waals surface area contributed by atoms with E-state index in [1.807, 2.05) is 0 Å². The van der Waals surface area contributed by atoms with Crippen LogP contribution < -0.4 is 5.32 Å². The summed E-state index contributed by atoms with van der Waals surface area (Å²) in [6.07, 6.45) is -3.96. The lowest BCUT2D eigenvalue weighted by Gasteiger charge is -2.27. The zero-order valence-electron chi connectivity index (χ0n) is 10.3.